The van der Waals surface area contributed by atoms with Crippen molar-refractivity contribution in [3.05, 3.63) is 40.1 Å². The summed E-state index contributed by atoms with van der Waals surface area (Å²) in [5, 5.41) is 4.23. The molecular formula is C21H26N6O4. The topological polar surface area (TPSA) is 117 Å². The molecule has 0 radical (unpaired) electrons. The van der Waals surface area contributed by atoms with Crippen molar-refractivity contribution in [2.45, 2.75) is 31.6 Å². The van der Waals surface area contributed by atoms with Gasteiger partial charge in [0.25, 0.3) is 11.4 Å². The number of hydrogen-bond donors (Lipinski definition) is 1. The Morgan fingerprint density at radius 2 is 2.10 bits per heavy atom. The van der Waals surface area contributed by atoms with Crippen molar-refractivity contribution in [2.75, 3.05) is 39.2 Å². The molecule has 31 heavy (non-hydrogen) atoms. The number of carbonyl (C=O) groups is 1. The average molecular weight is 426 g/mol. The van der Waals surface area contributed by atoms with E-state index in [1.807, 2.05) is 25.1 Å². The fourth-order valence-corrected chi connectivity index (χ4v) is 3.82. The number of aromatic nitrogens is 4. The molecule has 10 heteroatoms. The van der Waals surface area contributed by atoms with Gasteiger partial charge in [-0.2, -0.15) is 0 Å². The predicted molar refractivity (Wildman–Crippen MR) is 114 cm³/mol. The van der Waals surface area contributed by atoms with Crippen molar-refractivity contribution in [3.63, 3.8) is 0 Å². The lowest BCUT2D eigenvalue weighted by Gasteiger charge is -2.32. The average Bonchev–Trinajstić information content (AvgIpc) is 3.25. The summed E-state index contributed by atoms with van der Waals surface area (Å²) in [5.74, 6) is 1.87. The second kappa shape index (κ2) is 8.75. The third kappa shape index (κ3) is 4.52. The Morgan fingerprint density at radius 3 is 2.77 bits per heavy atom. The van der Waals surface area contributed by atoms with E-state index in [9.17, 15) is 9.59 Å². The Bertz CT molecular complexity index is 1130. The number of anilines is 1. The molecule has 0 saturated carbocycles. The standard InChI is InChI=1S/C21H26N6O4/c1-26(2)21-22-12-15-17(24-21)11-16(23-20(15)29)13-6-8-27(9-7-13)19(28)5-4-14-10-18(30-3)25-31-14/h10-13H,4-9H2,1-3H3,(H,23,29). The van der Waals surface area contributed by atoms with Crippen LogP contribution in [0.2, 0.25) is 0 Å². The van der Waals surface area contributed by atoms with Crippen LogP contribution in [0, 0.1) is 0 Å². The zero-order valence-corrected chi connectivity index (χ0v) is 17.9. The van der Waals surface area contributed by atoms with Gasteiger partial charge in [-0.05, 0) is 24.1 Å². The molecule has 0 aliphatic carbocycles. The maximum Gasteiger partial charge on any atom is 0.259 e. The van der Waals surface area contributed by atoms with Crippen LogP contribution in [0.4, 0.5) is 5.95 Å². The van der Waals surface area contributed by atoms with Crippen LogP contribution in [0.25, 0.3) is 10.9 Å². The van der Waals surface area contributed by atoms with Gasteiger partial charge in [0, 0.05) is 63.9 Å². The summed E-state index contributed by atoms with van der Waals surface area (Å²) in [7, 11) is 5.25. The minimum atomic E-state index is -0.182. The Morgan fingerprint density at radius 1 is 1.32 bits per heavy atom. The van der Waals surface area contributed by atoms with E-state index in [2.05, 4.69) is 20.1 Å². The molecule has 164 valence electrons. The van der Waals surface area contributed by atoms with Gasteiger partial charge in [-0.1, -0.05) is 0 Å². The molecule has 3 aromatic rings. The maximum atomic E-state index is 12.6. The normalized spacial score (nSPS) is 14.7. The van der Waals surface area contributed by atoms with Crippen LogP contribution in [-0.2, 0) is 11.2 Å². The van der Waals surface area contributed by atoms with E-state index in [0.717, 1.165) is 18.5 Å². The first kappa shape index (κ1) is 20.8. The molecule has 4 rings (SSSR count). The Labute approximate surface area is 179 Å². The number of nitrogens with zero attached hydrogens (tertiary/aromatic N) is 5. The van der Waals surface area contributed by atoms with Crippen molar-refractivity contribution >= 4 is 22.8 Å². The van der Waals surface area contributed by atoms with Gasteiger partial charge < -0.3 is 24.0 Å². The van der Waals surface area contributed by atoms with Gasteiger partial charge in [0.05, 0.1) is 18.0 Å². The van der Waals surface area contributed by atoms with Crippen LogP contribution >= 0.6 is 0 Å². The highest BCUT2D eigenvalue weighted by Gasteiger charge is 2.25. The summed E-state index contributed by atoms with van der Waals surface area (Å²) in [6, 6.07) is 3.63. The Hall–Kier alpha value is -3.43. The van der Waals surface area contributed by atoms with E-state index in [0.29, 0.717) is 54.4 Å². The number of aryl methyl sites for hydroxylation is 1. The van der Waals surface area contributed by atoms with E-state index >= 15 is 0 Å². The minimum absolute atomic E-state index is 0.0872. The Kier molecular flexibility index (Phi) is 5.88. The zero-order valence-electron chi connectivity index (χ0n) is 17.9. The molecule has 0 bridgehead atoms. The van der Waals surface area contributed by atoms with Gasteiger partial charge in [0.1, 0.15) is 5.76 Å². The molecule has 1 aliphatic heterocycles. The highest BCUT2D eigenvalue weighted by atomic mass is 16.5. The van der Waals surface area contributed by atoms with E-state index in [4.69, 9.17) is 9.26 Å². The van der Waals surface area contributed by atoms with E-state index in [1.165, 1.54) is 7.11 Å². The largest absolute Gasteiger partial charge is 0.479 e. The minimum Gasteiger partial charge on any atom is -0.479 e. The molecule has 4 heterocycles. The number of aromatic amines is 1. The van der Waals surface area contributed by atoms with Crippen molar-refractivity contribution in [1.82, 2.24) is 25.0 Å². The monoisotopic (exact) mass is 426 g/mol. The molecule has 1 aliphatic rings. The highest BCUT2D eigenvalue weighted by Crippen LogP contribution is 2.28. The van der Waals surface area contributed by atoms with Crippen molar-refractivity contribution in [2.24, 2.45) is 0 Å². The van der Waals surface area contributed by atoms with Gasteiger partial charge in [0.15, 0.2) is 0 Å². The van der Waals surface area contributed by atoms with Crippen LogP contribution < -0.4 is 15.2 Å². The molecule has 0 unspecified atom stereocenters. The number of amides is 1. The van der Waals surface area contributed by atoms with Crippen LogP contribution in [-0.4, -0.2) is 65.2 Å². The second-order valence-electron chi connectivity index (χ2n) is 7.91. The number of likely N-dealkylation sites (tertiary alicyclic amines) is 1. The molecule has 1 amide bonds. The zero-order chi connectivity index (χ0) is 22.0. The predicted octanol–water partition coefficient (Wildman–Crippen LogP) is 1.72. The first-order chi connectivity index (χ1) is 14.9. The fourth-order valence-electron chi connectivity index (χ4n) is 3.82. The number of methoxy groups -OCH3 is 1. The summed E-state index contributed by atoms with van der Waals surface area (Å²) >= 11 is 0. The fraction of sp³-hybridized carbons (Fsp3) is 0.476. The molecule has 1 fully saturated rings. The van der Waals surface area contributed by atoms with Crippen LogP contribution in [0.5, 0.6) is 5.88 Å². The van der Waals surface area contributed by atoms with Crippen molar-refractivity contribution in [1.29, 1.82) is 0 Å². The molecule has 3 aromatic heterocycles. The third-order valence-electron chi connectivity index (χ3n) is 5.62. The summed E-state index contributed by atoms with van der Waals surface area (Å²) in [4.78, 5) is 40.5. The smallest absolute Gasteiger partial charge is 0.259 e. The van der Waals surface area contributed by atoms with E-state index < -0.39 is 0 Å². The molecule has 0 atom stereocenters. The summed E-state index contributed by atoms with van der Waals surface area (Å²) in [5.41, 5.74) is 1.32. The van der Waals surface area contributed by atoms with Gasteiger partial charge in [-0.25, -0.2) is 9.97 Å². The van der Waals surface area contributed by atoms with Gasteiger partial charge in [0.2, 0.25) is 11.9 Å². The quantitative estimate of drug-likeness (QED) is 0.633. The maximum absolute atomic E-state index is 12.6. The number of carbonyl (C=O) groups excluding carboxylic acids is 1. The SMILES string of the molecule is COc1cc(CCC(=O)N2CCC(c3cc4nc(N(C)C)ncc4c(=O)[nH]3)CC2)on1. The van der Waals surface area contributed by atoms with Crippen molar-refractivity contribution in [3.8, 4) is 5.88 Å². The lowest BCUT2D eigenvalue weighted by Crippen LogP contribution is -2.38. The molecule has 10 nitrogen and oxygen atoms in total. The molecule has 0 spiro atoms. The Balaban J connectivity index is 1.39. The summed E-state index contributed by atoms with van der Waals surface area (Å²) in [6.45, 7) is 1.30. The van der Waals surface area contributed by atoms with Crippen LogP contribution in [0.3, 0.4) is 0 Å². The number of rotatable bonds is 6. The lowest BCUT2D eigenvalue weighted by molar-refractivity contribution is -0.132. The van der Waals surface area contributed by atoms with Gasteiger partial charge in [-0.3, -0.25) is 9.59 Å². The van der Waals surface area contributed by atoms with Gasteiger partial charge in [-0.15, -0.1) is 0 Å². The lowest BCUT2D eigenvalue weighted by atomic mass is 9.92. The third-order valence-corrected chi connectivity index (χ3v) is 5.62. The number of H-pyrrole nitrogens is 1. The van der Waals surface area contributed by atoms with E-state index in [1.54, 1.807) is 17.2 Å². The summed E-state index contributed by atoms with van der Waals surface area (Å²) in [6.07, 6.45) is 3.98. The molecular weight excluding hydrogens is 400 g/mol. The first-order valence-electron chi connectivity index (χ1n) is 10.3. The number of nitrogens with one attached hydrogen (secondary N) is 1. The second-order valence-corrected chi connectivity index (χ2v) is 7.91. The van der Waals surface area contributed by atoms with E-state index in [-0.39, 0.29) is 17.4 Å². The molecule has 1 N–H and O–H groups in total. The van der Waals surface area contributed by atoms with Crippen molar-refractivity contribution < 1.29 is 14.1 Å². The number of ether oxygens (including phenoxy) is 1. The van der Waals surface area contributed by atoms with Crippen LogP contribution in [0.1, 0.15) is 36.6 Å². The first-order valence-corrected chi connectivity index (χ1v) is 10.3. The number of hydrogen-bond acceptors (Lipinski definition) is 8. The van der Waals surface area contributed by atoms with Crippen LogP contribution in [0.15, 0.2) is 27.6 Å². The number of fused-ring (bicyclic) bond motifs is 1. The number of piperidine rings is 1. The number of pyridine rings is 1. The summed E-state index contributed by atoms with van der Waals surface area (Å²) < 4.78 is 10.1. The molecule has 0 aromatic carbocycles. The highest BCUT2D eigenvalue weighted by molar-refractivity contribution is 5.78. The molecule has 1 saturated heterocycles. The van der Waals surface area contributed by atoms with Gasteiger partial charge >= 0.3 is 0 Å².